The molecule has 28 heavy (non-hydrogen) atoms. The molecule has 0 atom stereocenters. The number of esters is 1. The molecule has 1 aromatic heterocycles. The van der Waals surface area contributed by atoms with Crippen LogP contribution in [0.3, 0.4) is 0 Å². The van der Waals surface area contributed by atoms with Gasteiger partial charge in [-0.15, -0.1) is 11.3 Å². The van der Waals surface area contributed by atoms with Crippen LogP contribution in [-0.4, -0.2) is 49.9 Å². The Labute approximate surface area is 172 Å². The molecule has 0 radical (unpaired) electrons. The maximum Gasteiger partial charge on any atom is 0.338 e. The molecule has 3 rings (SSSR count). The Kier molecular flexibility index (Phi) is 6.96. The molecular weight excluding hydrogens is 398 g/mol. The average molecular weight is 420 g/mol. The van der Waals surface area contributed by atoms with Crippen LogP contribution in [0.25, 0.3) is 0 Å². The lowest BCUT2D eigenvalue weighted by atomic mass is 10.1. The molecule has 0 spiro atoms. The third-order valence-electron chi connectivity index (χ3n) is 4.08. The number of anilines is 2. The third kappa shape index (κ3) is 5.06. The largest absolute Gasteiger partial charge is 0.462 e. The minimum Gasteiger partial charge on any atom is -0.462 e. The molecule has 0 bridgehead atoms. The molecule has 0 unspecified atom stereocenters. The summed E-state index contributed by atoms with van der Waals surface area (Å²) in [6, 6.07) is 8.79. The average Bonchev–Trinajstić information content (AvgIpc) is 3.24. The van der Waals surface area contributed by atoms with Gasteiger partial charge in [0, 0.05) is 13.1 Å². The lowest BCUT2D eigenvalue weighted by Crippen LogP contribution is -2.38. The highest BCUT2D eigenvalue weighted by Crippen LogP contribution is 2.28. The Morgan fingerprint density at radius 3 is 2.75 bits per heavy atom. The van der Waals surface area contributed by atoms with Crippen LogP contribution in [0, 0.1) is 0 Å². The van der Waals surface area contributed by atoms with Gasteiger partial charge < -0.3 is 19.7 Å². The van der Waals surface area contributed by atoms with E-state index in [-0.39, 0.29) is 11.0 Å². The van der Waals surface area contributed by atoms with Crippen molar-refractivity contribution in [2.75, 3.05) is 43.1 Å². The minimum absolute atomic E-state index is 0.161. The fraction of sp³-hybridized carbons (Fsp3) is 0.316. The number of morpholine rings is 1. The van der Waals surface area contributed by atoms with Gasteiger partial charge in [0.05, 0.1) is 41.6 Å². The van der Waals surface area contributed by atoms with E-state index in [1.807, 2.05) is 11.4 Å². The number of carbonyl (C=O) groups is 2. The van der Waals surface area contributed by atoms with Crippen molar-refractivity contribution in [2.45, 2.75) is 6.92 Å². The van der Waals surface area contributed by atoms with Gasteiger partial charge in [-0.05, 0) is 48.8 Å². The van der Waals surface area contributed by atoms with Crippen molar-refractivity contribution in [3.63, 3.8) is 0 Å². The molecule has 0 saturated carbocycles. The predicted molar refractivity (Wildman–Crippen MR) is 113 cm³/mol. The van der Waals surface area contributed by atoms with Crippen molar-refractivity contribution in [1.82, 2.24) is 5.32 Å². The topological polar surface area (TPSA) is 79.9 Å². The van der Waals surface area contributed by atoms with Crippen LogP contribution in [0.2, 0.25) is 0 Å². The van der Waals surface area contributed by atoms with E-state index in [9.17, 15) is 9.59 Å². The highest BCUT2D eigenvalue weighted by molar-refractivity contribution is 7.80. The standard InChI is InChI=1S/C19H21N3O4S2/c1-2-26-18(24)13-5-6-15(22-7-9-25-10-8-22)14(12-13)20-19(27)21-17(23)16-4-3-11-28-16/h3-6,11-12H,2,7-10H2,1H3,(H2,20,21,23,27). The molecular formula is C19H21N3O4S2. The van der Waals surface area contributed by atoms with Crippen molar-refractivity contribution in [3.8, 4) is 0 Å². The molecule has 1 saturated heterocycles. The molecule has 1 aliphatic rings. The number of rotatable bonds is 5. The molecule has 7 nitrogen and oxygen atoms in total. The second-order valence-electron chi connectivity index (χ2n) is 5.94. The molecule has 2 heterocycles. The van der Waals surface area contributed by atoms with E-state index >= 15 is 0 Å². The zero-order chi connectivity index (χ0) is 19.9. The number of benzene rings is 1. The van der Waals surface area contributed by atoms with Crippen LogP contribution in [0.1, 0.15) is 27.0 Å². The number of hydrogen-bond donors (Lipinski definition) is 2. The van der Waals surface area contributed by atoms with Crippen molar-refractivity contribution in [2.24, 2.45) is 0 Å². The lowest BCUT2D eigenvalue weighted by Gasteiger charge is -2.31. The zero-order valence-electron chi connectivity index (χ0n) is 15.4. The molecule has 2 N–H and O–H groups in total. The van der Waals surface area contributed by atoms with Crippen LogP contribution < -0.4 is 15.5 Å². The molecule has 1 fully saturated rings. The zero-order valence-corrected chi connectivity index (χ0v) is 17.0. The van der Waals surface area contributed by atoms with E-state index < -0.39 is 5.97 Å². The van der Waals surface area contributed by atoms with Gasteiger partial charge >= 0.3 is 5.97 Å². The van der Waals surface area contributed by atoms with Crippen LogP contribution in [0.15, 0.2) is 35.7 Å². The van der Waals surface area contributed by atoms with Crippen molar-refractivity contribution >= 4 is 51.9 Å². The first-order valence-electron chi connectivity index (χ1n) is 8.88. The summed E-state index contributed by atoms with van der Waals surface area (Å²) in [6.45, 7) is 4.75. The van der Waals surface area contributed by atoms with Gasteiger partial charge in [0.15, 0.2) is 5.11 Å². The Morgan fingerprint density at radius 2 is 2.07 bits per heavy atom. The summed E-state index contributed by atoms with van der Waals surface area (Å²) >= 11 is 6.64. The fourth-order valence-electron chi connectivity index (χ4n) is 2.78. The second-order valence-corrected chi connectivity index (χ2v) is 7.29. The molecule has 1 aliphatic heterocycles. The molecule has 9 heteroatoms. The molecule has 1 aromatic carbocycles. The highest BCUT2D eigenvalue weighted by atomic mass is 32.1. The van der Waals surface area contributed by atoms with Gasteiger partial charge in [-0.25, -0.2) is 4.79 Å². The van der Waals surface area contributed by atoms with Crippen LogP contribution in [0.5, 0.6) is 0 Å². The van der Waals surface area contributed by atoms with E-state index in [0.717, 1.165) is 18.8 Å². The van der Waals surface area contributed by atoms with Crippen LogP contribution >= 0.6 is 23.6 Å². The van der Waals surface area contributed by atoms with E-state index in [1.165, 1.54) is 11.3 Å². The second kappa shape index (κ2) is 9.63. The summed E-state index contributed by atoms with van der Waals surface area (Å²) in [5.74, 6) is -0.686. The van der Waals surface area contributed by atoms with Crippen molar-refractivity contribution in [3.05, 3.63) is 46.2 Å². The number of nitrogens with zero attached hydrogens (tertiary/aromatic N) is 1. The SMILES string of the molecule is CCOC(=O)c1ccc(N2CCOCC2)c(NC(=S)NC(=O)c2cccs2)c1. The van der Waals surface area contributed by atoms with E-state index in [4.69, 9.17) is 21.7 Å². The maximum atomic E-state index is 12.2. The predicted octanol–water partition coefficient (Wildman–Crippen LogP) is 2.89. The lowest BCUT2D eigenvalue weighted by molar-refractivity contribution is 0.0526. The first-order valence-corrected chi connectivity index (χ1v) is 10.2. The van der Waals surface area contributed by atoms with E-state index in [2.05, 4.69) is 15.5 Å². The summed E-state index contributed by atoms with van der Waals surface area (Å²) in [6.07, 6.45) is 0. The fourth-order valence-corrected chi connectivity index (χ4v) is 3.61. The van der Waals surface area contributed by atoms with Gasteiger partial charge in [0.2, 0.25) is 0 Å². The highest BCUT2D eigenvalue weighted by Gasteiger charge is 2.19. The molecule has 2 aromatic rings. The van der Waals surface area contributed by atoms with Gasteiger partial charge in [-0.2, -0.15) is 0 Å². The Balaban J connectivity index is 1.80. The monoisotopic (exact) mass is 419 g/mol. The van der Waals surface area contributed by atoms with Gasteiger partial charge in [-0.1, -0.05) is 6.07 Å². The van der Waals surface area contributed by atoms with Gasteiger partial charge in [-0.3, -0.25) is 10.1 Å². The van der Waals surface area contributed by atoms with E-state index in [1.54, 1.807) is 31.2 Å². The van der Waals surface area contributed by atoms with Crippen molar-refractivity contribution < 1.29 is 19.1 Å². The molecule has 1 amide bonds. The quantitative estimate of drug-likeness (QED) is 0.570. The summed E-state index contributed by atoms with van der Waals surface area (Å²) in [5.41, 5.74) is 1.92. The number of nitrogens with one attached hydrogen (secondary N) is 2. The maximum absolute atomic E-state index is 12.2. The molecule has 0 aliphatic carbocycles. The van der Waals surface area contributed by atoms with Gasteiger partial charge in [0.1, 0.15) is 0 Å². The van der Waals surface area contributed by atoms with E-state index in [0.29, 0.717) is 35.9 Å². The first-order chi connectivity index (χ1) is 13.6. The van der Waals surface area contributed by atoms with Gasteiger partial charge in [0.25, 0.3) is 5.91 Å². The number of thiophene rings is 1. The number of carbonyl (C=O) groups excluding carboxylic acids is 2. The normalized spacial score (nSPS) is 13.7. The third-order valence-corrected chi connectivity index (χ3v) is 5.15. The summed E-state index contributed by atoms with van der Waals surface area (Å²) in [5, 5.41) is 7.70. The molecule has 148 valence electrons. The summed E-state index contributed by atoms with van der Waals surface area (Å²) < 4.78 is 10.5. The van der Waals surface area contributed by atoms with Crippen LogP contribution in [-0.2, 0) is 9.47 Å². The Hall–Kier alpha value is -2.49. The number of thiocarbonyl (C=S) groups is 1. The van der Waals surface area contributed by atoms with Crippen molar-refractivity contribution in [1.29, 1.82) is 0 Å². The minimum atomic E-state index is -0.410. The number of amides is 1. The Morgan fingerprint density at radius 1 is 1.29 bits per heavy atom. The summed E-state index contributed by atoms with van der Waals surface area (Å²) in [4.78, 5) is 27.1. The van der Waals surface area contributed by atoms with Crippen LogP contribution in [0.4, 0.5) is 11.4 Å². The number of ether oxygens (including phenoxy) is 2. The number of hydrogen-bond acceptors (Lipinski definition) is 7. The summed E-state index contributed by atoms with van der Waals surface area (Å²) in [7, 11) is 0. The first kappa shape index (κ1) is 20.2. The smallest absolute Gasteiger partial charge is 0.338 e. The Bertz CT molecular complexity index is 849.